The maximum atomic E-state index is 5.74. The molecule has 3 rings (SSSR count). The maximum absolute atomic E-state index is 5.74. The van der Waals surface area contributed by atoms with Gasteiger partial charge >= 0.3 is 0 Å². The molecule has 0 saturated heterocycles. The van der Waals surface area contributed by atoms with E-state index in [9.17, 15) is 0 Å². The minimum Gasteiger partial charge on any atom is -0.473 e. The maximum Gasteiger partial charge on any atom is 0.241 e. The molecule has 0 aliphatic carbocycles. The van der Waals surface area contributed by atoms with Crippen molar-refractivity contribution in [2.24, 2.45) is 0 Å². The van der Waals surface area contributed by atoms with Crippen LogP contribution in [-0.4, -0.2) is 20.6 Å². The molecular weight excluding hydrogens is 202 g/mol. The van der Waals surface area contributed by atoms with Gasteiger partial charge in [-0.1, -0.05) is 0 Å². The van der Waals surface area contributed by atoms with E-state index in [0.717, 1.165) is 24.0 Å². The van der Waals surface area contributed by atoms with E-state index in [0.29, 0.717) is 5.88 Å². The van der Waals surface area contributed by atoms with Gasteiger partial charge in [0.2, 0.25) is 5.88 Å². The van der Waals surface area contributed by atoms with Crippen LogP contribution in [0.5, 0.6) is 5.88 Å². The zero-order valence-corrected chi connectivity index (χ0v) is 9.60. The zero-order valence-electron chi connectivity index (χ0n) is 9.60. The Morgan fingerprint density at radius 3 is 3.06 bits per heavy atom. The molecule has 0 atom stereocenters. The van der Waals surface area contributed by atoms with Gasteiger partial charge in [0.05, 0.1) is 11.6 Å². The summed E-state index contributed by atoms with van der Waals surface area (Å²) in [4.78, 5) is 8.54. The Morgan fingerprint density at radius 1 is 1.38 bits per heavy atom. The van der Waals surface area contributed by atoms with Gasteiger partial charge in [-0.05, 0) is 32.8 Å². The van der Waals surface area contributed by atoms with E-state index >= 15 is 0 Å². The molecule has 4 heteroatoms. The summed E-state index contributed by atoms with van der Waals surface area (Å²) < 4.78 is 8.02. The van der Waals surface area contributed by atoms with E-state index < -0.39 is 0 Å². The van der Waals surface area contributed by atoms with Crippen molar-refractivity contribution in [1.82, 2.24) is 14.5 Å². The van der Waals surface area contributed by atoms with E-state index in [1.165, 1.54) is 12.1 Å². The first kappa shape index (κ1) is 9.63. The van der Waals surface area contributed by atoms with Gasteiger partial charge < -0.3 is 9.30 Å². The molecule has 4 nitrogen and oxygen atoms in total. The summed E-state index contributed by atoms with van der Waals surface area (Å²) in [5.74, 6) is 0.716. The molecule has 1 aliphatic heterocycles. The van der Waals surface area contributed by atoms with Gasteiger partial charge in [-0.3, -0.25) is 0 Å². The molecule has 0 N–H and O–H groups in total. The van der Waals surface area contributed by atoms with Crippen LogP contribution in [0.15, 0.2) is 12.4 Å². The van der Waals surface area contributed by atoms with Gasteiger partial charge in [0, 0.05) is 12.2 Å². The second kappa shape index (κ2) is 3.47. The second-order valence-electron chi connectivity index (χ2n) is 4.47. The van der Waals surface area contributed by atoms with Crippen LogP contribution in [0.25, 0.3) is 11.0 Å². The predicted octanol–water partition coefficient (Wildman–Crippen LogP) is 2.16. The van der Waals surface area contributed by atoms with Crippen molar-refractivity contribution < 1.29 is 4.74 Å². The lowest BCUT2D eigenvalue weighted by Gasteiger charge is -2.10. The van der Waals surface area contributed by atoms with Gasteiger partial charge in [0.25, 0.3) is 0 Å². The van der Waals surface area contributed by atoms with Crippen LogP contribution >= 0.6 is 0 Å². The number of ether oxygens (including phenoxy) is 1. The van der Waals surface area contributed by atoms with Gasteiger partial charge in [-0.15, -0.1) is 0 Å². The Balaban J connectivity index is 2.20. The Hall–Kier alpha value is -1.58. The molecule has 2 aromatic heterocycles. The van der Waals surface area contributed by atoms with Crippen LogP contribution in [0, 0.1) is 0 Å². The topological polar surface area (TPSA) is 39.9 Å². The fourth-order valence-electron chi connectivity index (χ4n) is 2.30. The third-order valence-corrected chi connectivity index (χ3v) is 2.90. The summed E-state index contributed by atoms with van der Waals surface area (Å²) in [6.45, 7) is 5.09. The summed E-state index contributed by atoms with van der Waals surface area (Å²) >= 11 is 0. The van der Waals surface area contributed by atoms with Gasteiger partial charge in [-0.2, -0.15) is 4.98 Å². The molecule has 3 heterocycles. The third-order valence-electron chi connectivity index (χ3n) is 2.90. The number of aryl methyl sites for hydroxylation is 2. The monoisotopic (exact) mass is 217 g/mol. The van der Waals surface area contributed by atoms with Crippen molar-refractivity contribution in [2.75, 3.05) is 0 Å². The van der Waals surface area contributed by atoms with Crippen LogP contribution < -0.4 is 4.74 Å². The molecule has 0 aromatic carbocycles. The first-order valence-electron chi connectivity index (χ1n) is 5.75. The average molecular weight is 217 g/mol. The molecule has 84 valence electrons. The smallest absolute Gasteiger partial charge is 0.241 e. The second-order valence-corrected chi connectivity index (χ2v) is 4.47. The minimum absolute atomic E-state index is 0.144. The molecule has 2 aromatic rings. The number of hydrogen-bond acceptors (Lipinski definition) is 3. The van der Waals surface area contributed by atoms with Gasteiger partial charge in [-0.25, -0.2) is 4.98 Å². The fourth-order valence-corrected chi connectivity index (χ4v) is 2.30. The molecule has 0 unspecified atom stereocenters. The minimum atomic E-state index is 0.144. The lowest BCUT2D eigenvalue weighted by Crippen LogP contribution is -2.08. The highest BCUT2D eigenvalue weighted by Gasteiger charge is 2.19. The standard InChI is InChI=1S/C12H15N3O/c1-8(2)16-12-11-10(13-7-14-12)6-9-4-3-5-15(9)11/h6-8H,3-5H2,1-2H3. The Bertz CT molecular complexity index is 530. The number of nitrogens with zero attached hydrogens (tertiary/aromatic N) is 3. The average Bonchev–Trinajstić information content (AvgIpc) is 2.75. The SMILES string of the molecule is CC(C)Oc1ncnc2cc3n(c12)CCC3. The lowest BCUT2D eigenvalue weighted by atomic mass is 10.3. The first-order chi connectivity index (χ1) is 7.75. The quantitative estimate of drug-likeness (QED) is 0.774. The molecule has 0 fully saturated rings. The van der Waals surface area contributed by atoms with Crippen LogP contribution in [0.4, 0.5) is 0 Å². The lowest BCUT2D eigenvalue weighted by molar-refractivity contribution is 0.234. The summed E-state index contributed by atoms with van der Waals surface area (Å²) in [6.07, 6.45) is 4.07. The number of aromatic nitrogens is 3. The van der Waals surface area contributed by atoms with Crippen molar-refractivity contribution in [3.8, 4) is 5.88 Å². The highest BCUT2D eigenvalue weighted by atomic mass is 16.5. The third kappa shape index (κ3) is 1.37. The van der Waals surface area contributed by atoms with Crippen molar-refractivity contribution in [3.05, 3.63) is 18.1 Å². The Kier molecular flexibility index (Phi) is 2.09. The number of rotatable bonds is 2. The Morgan fingerprint density at radius 2 is 2.25 bits per heavy atom. The highest BCUT2D eigenvalue weighted by molar-refractivity contribution is 5.82. The molecule has 1 aliphatic rings. The summed E-state index contributed by atoms with van der Waals surface area (Å²) in [7, 11) is 0. The van der Waals surface area contributed by atoms with Crippen LogP contribution in [0.2, 0.25) is 0 Å². The van der Waals surface area contributed by atoms with Crippen LogP contribution in [0.3, 0.4) is 0 Å². The molecule has 16 heavy (non-hydrogen) atoms. The molecule has 0 radical (unpaired) electrons. The summed E-state index contributed by atoms with van der Waals surface area (Å²) in [5, 5.41) is 0. The number of fused-ring (bicyclic) bond motifs is 3. The zero-order chi connectivity index (χ0) is 11.1. The van der Waals surface area contributed by atoms with E-state index in [2.05, 4.69) is 20.6 Å². The van der Waals surface area contributed by atoms with Crippen LogP contribution in [-0.2, 0) is 13.0 Å². The normalized spacial score (nSPS) is 14.7. The van der Waals surface area contributed by atoms with Gasteiger partial charge in [0.1, 0.15) is 11.8 Å². The van der Waals surface area contributed by atoms with Crippen LogP contribution in [0.1, 0.15) is 26.0 Å². The van der Waals surface area contributed by atoms with E-state index in [-0.39, 0.29) is 6.10 Å². The Labute approximate surface area is 94.3 Å². The van der Waals surface area contributed by atoms with Crippen molar-refractivity contribution in [2.45, 2.75) is 39.3 Å². The molecule has 0 spiro atoms. The van der Waals surface area contributed by atoms with Crippen molar-refractivity contribution in [3.63, 3.8) is 0 Å². The van der Waals surface area contributed by atoms with E-state index in [4.69, 9.17) is 4.74 Å². The highest BCUT2D eigenvalue weighted by Crippen LogP contribution is 2.30. The summed E-state index contributed by atoms with van der Waals surface area (Å²) in [5.41, 5.74) is 3.41. The molecule has 0 amide bonds. The van der Waals surface area contributed by atoms with Gasteiger partial charge in [0.15, 0.2) is 0 Å². The summed E-state index contributed by atoms with van der Waals surface area (Å²) in [6, 6.07) is 2.15. The number of hydrogen-bond donors (Lipinski definition) is 0. The fraction of sp³-hybridized carbons (Fsp3) is 0.500. The molecule has 0 bridgehead atoms. The molecule has 0 saturated carbocycles. The van der Waals surface area contributed by atoms with E-state index in [1.807, 2.05) is 13.8 Å². The van der Waals surface area contributed by atoms with Crippen molar-refractivity contribution >= 4 is 11.0 Å². The predicted molar refractivity (Wildman–Crippen MR) is 61.6 cm³/mol. The molecular formula is C12H15N3O. The first-order valence-corrected chi connectivity index (χ1v) is 5.75. The van der Waals surface area contributed by atoms with Crippen molar-refractivity contribution in [1.29, 1.82) is 0 Å². The van der Waals surface area contributed by atoms with E-state index in [1.54, 1.807) is 6.33 Å². The largest absolute Gasteiger partial charge is 0.473 e.